The number of hydrogen-bond donors (Lipinski definition) is 0. The van der Waals surface area contributed by atoms with Crippen molar-refractivity contribution in [1.82, 2.24) is 4.98 Å². The van der Waals surface area contributed by atoms with Crippen LogP contribution in [0.5, 0.6) is 5.75 Å². The van der Waals surface area contributed by atoms with Crippen molar-refractivity contribution in [2.45, 2.75) is 38.9 Å². The SMILES string of the molecule is COc1cc(B2OC(C)(C)C(C)(C)O2)ccc1-c1ccccn1. The summed E-state index contributed by atoms with van der Waals surface area (Å²) in [5, 5.41) is 0. The Morgan fingerprint density at radius 3 is 2.26 bits per heavy atom. The van der Waals surface area contributed by atoms with Gasteiger partial charge in [-0.15, -0.1) is 0 Å². The van der Waals surface area contributed by atoms with Crippen molar-refractivity contribution in [2.24, 2.45) is 0 Å². The highest BCUT2D eigenvalue weighted by molar-refractivity contribution is 6.62. The Hall–Kier alpha value is -1.85. The monoisotopic (exact) mass is 311 g/mol. The summed E-state index contributed by atoms with van der Waals surface area (Å²) in [6.45, 7) is 8.19. The van der Waals surface area contributed by atoms with Gasteiger partial charge in [-0.05, 0) is 57.4 Å². The molecular weight excluding hydrogens is 289 g/mol. The first-order chi connectivity index (χ1) is 10.8. The lowest BCUT2D eigenvalue weighted by Gasteiger charge is -2.32. The molecule has 0 aliphatic carbocycles. The number of nitrogens with zero attached hydrogens (tertiary/aromatic N) is 1. The van der Waals surface area contributed by atoms with Crippen LogP contribution in [-0.4, -0.2) is 30.4 Å². The third kappa shape index (κ3) is 2.86. The lowest BCUT2D eigenvalue weighted by Crippen LogP contribution is -2.41. The van der Waals surface area contributed by atoms with E-state index in [2.05, 4.69) is 4.98 Å². The molecule has 2 heterocycles. The van der Waals surface area contributed by atoms with Crippen LogP contribution in [-0.2, 0) is 9.31 Å². The summed E-state index contributed by atoms with van der Waals surface area (Å²) >= 11 is 0. The zero-order valence-corrected chi connectivity index (χ0v) is 14.3. The molecule has 0 radical (unpaired) electrons. The molecule has 0 atom stereocenters. The molecule has 0 N–H and O–H groups in total. The zero-order valence-electron chi connectivity index (χ0n) is 14.3. The van der Waals surface area contributed by atoms with Gasteiger partial charge in [-0.2, -0.15) is 0 Å². The predicted molar refractivity (Wildman–Crippen MR) is 91.9 cm³/mol. The fourth-order valence-corrected chi connectivity index (χ4v) is 2.57. The number of pyridine rings is 1. The molecular formula is C18H22BNO3. The van der Waals surface area contributed by atoms with E-state index in [9.17, 15) is 0 Å². The van der Waals surface area contributed by atoms with E-state index in [1.165, 1.54) is 0 Å². The highest BCUT2D eigenvalue weighted by atomic mass is 16.7. The van der Waals surface area contributed by atoms with Crippen LogP contribution in [0.4, 0.5) is 0 Å². The molecule has 4 nitrogen and oxygen atoms in total. The number of methoxy groups -OCH3 is 1. The molecule has 0 unspecified atom stereocenters. The Labute approximate surface area is 137 Å². The zero-order chi connectivity index (χ0) is 16.7. The highest BCUT2D eigenvalue weighted by Crippen LogP contribution is 2.37. The molecule has 1 aromatic heterocycles. The van der Waals surface area contributed by atoms with Crippen LogP contribution in [0.25, 0.3) is 11.3 Å². The minimum absolute atomic E-state index is 0.357. The average molecular weight is 311 g/mol. The van der Waals surface area contributed by atoms with Crippen molar-refractivity contribution in [1.29, 1.82) is 0 Å². The van der Waals surface area contributed by atoms with Gasteiger partial charge in [0.05, 0.1) is 24.0 Å². The summed E-state index contributed by atoms with van der Waals surface area (Å²) in [5.74, 6) is 0.760. The number of aromatic nitrogens is 1. The highest BCUT2D eigenvalue weighted by Gasteiger charge is 2.51. The maximum atomic E-state index is 6.10. The Kier molecular flexibility index (Phi) is 3.94. The predicted octanol–water partition coefficient (Wildman–Crippen LogP) is 3.06. The number of rotatable bonds is 3. The largest absolute Gasteiger partial charge is 0.496 e. The van der Waals surface area contributed by atoms with E-state index in [1.807, 2.05) is 64.1 Å². The molecule has 1 saturated heterocycles. The quantitative estimate of drug-likeness (QED) is 0.817. The van der Waals surface area contributed by atoms with Crippen molar-refractivity contribution < 1.29 is 14.0 Å². The molecule has 0 bridgehead atoms. The summed E-state index contributed by atoms with van der Waals surface area (Å²) in [6.07, 6.45) is 1.77. The molecule has 5 heteroatoms. The molecule has 1 aliphatic rings. The number of hydrogen-bond acceptors (Lipinski definition) is 4. The maximum absolute atomic E-state index is 6.10. The van der Waals surface area contributed by atoms with Gasteiger partial charge in [0, 0.05) is 11.8 Å². The molecule has 0 saturated carbocycles. The molecule has 1 aromatic carbocycles. The van der Waals surface area contributed by atoms with E-state index in [1.54, 1.807) is 13.3 Å². The third-order valence-corrected chi connectivity index (χ3v) is 4.69. The van der Waals surface area contributed by atoms with Gasteiger partial charge in [0.25, 0.3) is 0 Å². The number of ether oxygens (including phenoxy) is 1. The van der Waals surface area contributed by atoms with Crippen molar-refractivity contribution in [3.63, 3.8) is 0 Å². The van der Waals surface area contributed by atoms with Gasteiger partial charge in [-0.3, -0.25) is 4.98 Å². The van der Waals surface area contributed by atoms with Gasteiger partial charge < -0.3 is 14.0 Å². The fraction of sp³-hybridized carbons (Fsp3) is 0.389. The molecule has 3 rings (SSSR count). The average Bonchev–Trinajstić information content (AvgIpc) is 2.75. The summed E-state index contributed by atoms with van der Waals surface area (Å²) in [5.41, 5.74) is 2.06. The van der Waals surface area contributed by atoms with Gasteiger partial charge in [-0.1, -0.05) is 12.1 Å². The molecule has 1 fully saturated rings. The van der Waals surface area contributed by atoms with Crippen molar-refractivity contribution in [3.8, 4) is 17.0 Å². The molecule has 1 aliphatic heterocycles. The van der Waals surface area contributed by atoms with Crippen molar-refractivity contribution >= 4 is 12.6 Å². The van der Waals surface area contributed by atoms with E-state index < -0.39 is 7.12 Å². The maximum Gasteiger partial charge on any atom is 0.494 e. The van der Waals surface area contributed by atoms with Gasteiger partial charge in [0.2, 0.25) is 0 Å². The van der Waals surface area contributed by atoms with E-state index in [4.69, 9.17) is 14.0 Å². The molecule has 23 heavy (non-hydrogen) atoms. The third-order valence-electron chi connectivity index (χ3n) is 4.69. The first kappa shape index (κ1) is 16.0. The second kappa shape index (κ2) is 5.66. The van der Waals surface area contributed by atoms with Crippen LogP contribution >= 0.6 is 0 Å². The van der Waals surface area contributed by atoms with E-state index in [-0.39, 0.29) is 11.2 Å². The number of benzene rings is 1. The first-order valence-corrected chi connectivity index (χ1v) is 7.79. The van der Waals surface area contributed by atoms with E-state index in [0.29, 0.717) is 0 Å². The van der Waals surface area contributed by atoms with Crippen LogP contribution in [0.2, 0.25) is 0 Å². The van der Waals surface area contributed by atoms with Crippen molar-refractivity contribution in [3.05, 3.63) is 42.6 Å². The summed E-state index contributed by atoms with van der Waals surface area (Å²) in [4.78, 5) is 4.39. The van der Waals surface area contributed by atoms with Gasteiger partial charge >= 0.3 is 7.12 Å². The summed E-state index contributed by atoms with van der Waals surface area (Å²) < 4.78 is 17.8. The van der Waals surface area contributed by atoms with Crippen LogP contribution in [0.15, 0.2) is 42.6 Å². The molecule has 2 aromatic rings. The smallest absolute Gasteiger partial charge is 0.494 e. The summed E-state index contributed by atoms with van der Waals surface area (Å²) in [6, 6.07) is 11.8. The van der Waals surface area contributed by atoms with Gasteiger partial charge in [0.15, 0.2) is 0 Å². The van der Waals surface area contributed by atoms with Crippen LogP contribution in [0.3, 0.4) is 0 Å². The second-order valence-electron chi connectivity index (χ2n) is 6.76. The molecule has 0 spiro atoms. The Bertz CT molecular complexity index is 685. The minimum Gasteiger partial charge on any atom is -0.496 e. The van der Waals surface area contributed by atoms with Gasteiger partial charge in [0.1, 0.15) is 5.75 Å². The normalized spacial score (nSPS) is 18.9. The van der Waals surface area contributed by atoms with Crippen molar-refractivity contribution in [2.75, 3.05) is 7.11 Å². The topological polar surface area (TPSA) is 40.6 Å². The Balaban J connectivity index is 1.95. The van der Waals surface area contributed by atoms with Crippen LogP contribution in [0, 0.1) is 0 Å². The lowest BCUT2D eigenvalue weighted by molar-refractivity contribution is 0.00578. The minimum atomic E-state index is -0.397. The Morgan fingerprint density at radius 2 is 1.70 bits per heavy atom. The molecule has 0 amide bonds. The second-order valence-corrected chi connectivity index (χ2v) is 6.76. The summed E-state index contributed by atoms with van der Waals surface area (Å²) in [7, 11) is 1.27. The first-order valence-electron chi connectivity index (χ1n) is 7.79. The standard InChI is InChI=1S/C18H22BNO3/c1-17(2)18(3,4)23-19(22-17)13-9-10-14(16(12-13)21-5)15-8-6-7-11-20-15/h6-12H,1-5H3. The van der Waals surface area contributed by atoms with Gasteiger partial charge in [-0.25, -0.2) is 0 Å². The Morgan fingerprint density at radius 1 is 1.00 bits per heavy atom. The van der Waals surface area contributed by atoms with Crippen LogP contribution in [0.1, 0.15) is 27.7 Å². The lowest BCUT2D eigenvalue weighted by atomic mass is 9.78. The van der Waals surface area contributed by atoms with Crippen LogP contribution < -0.4 is 10.2 Å². The fourth-order valence-electron chi connectivity index (χ4n) is 2.57. The van der Waals surface area contributed by atoms with E-state index >= 15 is 0 Å². The van der Waals surface area contributed by atoms with E-state index in [0.717, 1.165) is 22.5 Å². The molecule has 120 valence electrons.